The van der Waals surface area contributed by atoms with E-state index in [9.17, 15) is 14.4 Å². The number of hydrogen-bond donors (Lipinski definition) is 2. The molecule has 33 heavy (non-hydrogen) atoms. The zero-order chi connectivity index (χ0) is 23.5. The van der Waals surface area contributed by atoms with Crippen LogP contribution in [0.25, 0.3) is 10.9 Å². The average molecular weight is 477 g/mol. The molecular formula is C23H32N4O5S. The molecule has 0 bridgehead atoms. The fourth-order valence-electron chi connectivity index (χ4n) is 3.60. The number of aromatic nitrogens is 2. The molecule has 1 aliphatic rings. The van der Waals surface area contributed by atoms with Crippen molar-refractivity contribution >= 4 is 34.5 Å². The van der Waals surface area contributed by atoms with E-state index in [4.69, 9.17) is 9.47 Å². The highest BCUT2D eigenvalue weighted by Crippen LogP contribution is 2.18. The lowest BCUT2D eigenvalue weighted by molar-refractivity contribution is -0.121. The summed E-state index contributed by atoms with van der Waals surface area (Å²) in [7, 11) is 1.62. The number of para-hydroxylation sites is 1. The SMILES string of the molecule is COCCCNC(=O)CSc1nc2ccccc2c(=O)n1CCCC(=O)NC[C@@H]1CCCO1. The number of methoxy groups -OCH3 is 1. The van der Waals surface area contributed by atoms with E-state index in [0.29, 0.717) is 55.1 Å². The van der Waals surface area contributed by atoms with Gasteiger partial charge in [-0.25, -0.2) is 4.98 Å². The predicted octanol–water partition coefficient (Wildman–Crippen LogP) is 1.72. The molecule has 1 aliphatic heterocycles. The van der Waals surface area contributed by atoms with Crippen LogP contribution in [0.1, 0.15) is 32.1 Å². The Bertz CT molecular complexity index is 990. The highest BCUT2D eigenvalue weighted by Gasteiger charge is 2.17. The number of amides is 2. The van der Waals surface area contributed by atoms with Crippen molar-refractivity contribution in [2.75, 3.05) is 39.2 Å². The van der Waals surface area contributed by atoms with E-state index in [1.54, 1.807) is 29.9 Å². The van der Waals surface area contributed by atoms with Crippen molar-refractivity contribution in [3.8, 4) is 0 Å². The van der Waals surface area contributed by atoms with Crippen LogP contribution in [0.3, 0.4) is 0 Å². The Labute approximate surface area is 197 Å². The van der Waals surface area contributed by atoms with Crippen molar-refractivity contribution in [2.24, 2.45) is 0 Å². The molecule has 2 N–H and O–H groups in total. The van der Waals surface area contributed by atoms with Gasteiger partial charge in [0.2, 0.25) is 11.8 Å². The van der Waals surface area contributed by atoms with E-state index < -0.39 is 0 Å². The molecule has 10 heteroatoms. The van der Waals surface area contributed by atoms with Crippen molar-refractivity contribution in [3.05, 3.63) is 34.6 Å². The van der Waals surface area contributed by atoms with Gasteiger partial charge in [0.25, 0.3) is 5.56 Å². The Kier molecular flexibility index (Phi) is 10.2. The maximum atomic E-state index is 13.1. The van der Waals surface area contributed by atoms with Gasteiger partial charge in [0.1, 0.15) is 0 Å². The summed E-state index contributed by atoms with van der Waals surface area (Å²) in [6.07, 6.45) is 3.64. The summed E-state index contributed by atoms with van der Waals surface area (Å²) >= 11 is 1.23. The van der Waals surface area contributed by atoms with E-state index in [1.165, 1.54) is 11.8 Å². The van der Waals surface area contributed by atoms with Crippen LogP contribution in [0.2, 0.25) is 0 Å². The largest absolute Gasteiger partial charge is 0.385 e. The molecule has 1 fully saturated rings. The molecule has 0 saturated carbocycles. The quantitative estimate of drug-likeness (QED) is 0.257. The first-order chi connectivity index (χ1) is 16.1. The van der Waals surface area contributed by atoms with Crippen molar-refractivity contribution in [1.29, 1.82) is 0 Å². The van der Waals surface area contributed by atoms with E-state index in [1.807, 2.05) is 6.07 Å². The maximum Gasteiger partial charge on any atom is 0.262 e. The van der Waals surface area contributed by atoms with Gasteiger partial charge >= 0.3 is 0 Å². The van der Waals surface area contributed by atoms with Gasteiger partial charge in [-0.2, -0.15) is 0 Å². The topological polar surface area (TPSA) is 112 Å². The van der Waals surface area contributed by atoms with Crippen LogP contribution < -0.4 is 16.2 Å². The van der Waals surface area contributed by atoms with Gasteiger partial charge in [0, 0.05) is 46.4 Å². The van der Waals surface area contributed by atoms with E-state index in [0.717, 1.165) is 25.9 Å². The minimum atomic E-state index is -0.164. The van der Waals surface area contributed by atoms with E-state index >= 15 is 0 Å². The number of benzene rings is 1. The standard InChI is InChI=1S/C23H32N4O5S/c1-31-13-6-11-24-21(29)16-33-23-26-19-9-3-2-8-18(19)22(30)27(23)12-4-10-20(28)25-15-17-7-5-14-32-17/h2-3,8-9,17H,4-7,10-16H2,1H3,(H,24,29)(H,25,28)/t17-/m0/s1. The molecule has 0 radical (unpaired) electrons. The van der Waals surface area contributed by atoms with Crippen LogP contribution in [0.4, 0.5) is 0 Å². The normalized spacial score (nSPS) is 15.6. The number of rotatable bonds is 13. The first kappa shape index (κ1) is 25.2. The molecule has 1 atom stereocenters. The fourth-order valence-corrected chi connectivity index (χ4v) is 4.45. The van der Waals surface area contributed by atoms with Crippen LogP contribution in [0, 0.1) is 0 Å². The zero-order valence-electron chi connectivity index (χ0n) is 19.0. The Morgan fingerprint density at radius 1 is 1.24 bits per heavy atom. The third-order valence-electron chi connectivity index (χ3n) is 5.34. The number of hydrogen-bond acceptors (Lipinski definition) is 7. The highest BCUT2D eigenvalue weighted by atomic mass is 32.2. The number of carbonyl (C=O) groups excluding carboxylic acids is 2. The number of nitrogens with one attached hydrogen (secondary N) is 2. The van der Waals surface area contributed by atoms with Crippen LogP contribution in [0.5, 0.6) is 0 Å². The Hall–Kier alpha value is -2.43. The molecule has 0 unspecified atom stereocenters. The minimum absolute atomic E-state index is 0.0584. The molecule has 2 aromatic rings. The Morgan fingerprint density at radius 2 is 2.09 bits per heavy atom. The predicted molar refractivity (Wildman–Crippen MR) is 127 cm³/mol. The van der Waals surface area contributed by atoms with Gasteiger partial charge in [-0.3, -0.25) is 19.0 Å². The second kappa shape index (κ2) is 13.3. The lowest BCUT2D eigenvalue weighted by atomic mass is 10.2. The molecule has 2 heterocycles. The van der Waals surface area contributed by atoms with Crippen molar-refractivity contribution in [1.82, 2.24) is 20.2 Å². The fraction of sp³-hybridized carbons (Fsp3) is 0.565. The van der Waals surface area contributed by atoms with Gasteiger partial charge in [-0.05, 0) is 37.8 Å². The molecule has 1 aromatic carbocycles. The average Bonchev–Trinajstić information content (AvgIpc) is 3.34. The van der Waals surface area contributed by atoms with Crippen molar-refractivity contribution in [3.63, 3.8) is 0 Å². The van der Waals surface area contributed by atoms with Crippen LogP contribution in [-0.2, 0) is 25.6 Å². The molecule has 0 aliphatic carbocycles. The summed E-state index contributed by atoms with van der Waals surface area (Å²) in [6, 6.07) is 7.16. The van der Waals surface area contributed by atoms with Crippen LogP contribution >= 0.6 is 11.8 Å². The second-order valence-electron chi connectivity index (χ2n) is 7.90. The number of carbonyl (C=O) groups is 2. The summed E-state index contributed by atoms with van der Waals surface area (Å²) in [5.74, 6) is -0.0323. The van der Waals surface area contributed by atoms with Gasteiger partial charge in [0.15, 0.2) is 5.16 Å². The lowest BCUT2D eigenvalue weighted by Gasteiger charge is -2.14. The van der Waals surface area contributed by atoms with Crippen molar-refractivity contribution < 1.29 is 19.1 Å². The van der Waals surface area contributed by atoms with E-state index in [2.05, 4.69) is 15.6 Å². The monoisotopic (exact) mass is 476 g/mol. The van der Waals surface area contributed by atoms with Crippen LogP contribution in [0.15, 0.2) is 34.2 Å². The lowest BCUT2D eigenvalue weighted by Crippen LogP contribution is -2.32. The number of nitrogens with zero attached hydrogens (tertiary/aromatic N) is 2. The third-order valence-corrected chi connectivity index (χ3v) is 6.32. The maximum absolute atomic E-state index is 13.1. The van der Waals surface area contributed by atoms with E-state index in [-0.39, 0.29) is 29.2 Å². The van der Waals surface area contributed by atoms with Crippen LogP contribution in [-0.4, -0.2) is 66.6 Å². The molecule has 180 valence electrons. The molecule has 0 spiro atoms. The van der Waals surface area contributed by atoms with Crippen molar-refractivity contribution in [2.45, 2.75) is 49.9 Å². The molecule has 9 nitrogen and oxygen atoms in total. The first-order valence-electron chi connectivity index (χ1n) is 11.3. The Balaban J connectivity index is 1.59. The van der Waals surface area contributed by atoms with Gasteiger partial charge in [0.05, 0.1) is 22.8 Å². The summed E-state index contributed by atoms with van der Waals surface area (Å²) in [5, 5.41) is 6.74. The minimum Gasteiger partial charge on any atom is -0.385 e. The van der Waals surface area contributed by atoms with Gasteiger partial charge in [-0.15, -0.1) is 0 Å². The number of ether oxygens (including phenoxy) is 2. The summed E-state index contributed by atoms with van der Waals surface area (Å²) in [6.45, 7) is 2.75. The summed E-state index contributed by atoms with van der Waals surface area (Å²) < 4.78 is 12.1. The molecule has 2 amide bonds. The second-order valence-corrected chi connectivity index (χ2v) is 8.84. The smallest absolute Gasteiger partial charge is 0.262 e. The highest BCUT2D eigenvalue weighted by molar-refractivity contribution is 7.99. The third kappa shape index (κ3) is 7.83. The van der Waals surface area contributed by atoms with Gasteiger partial charge in [-0.1, -0.05) is 23.9 Å². The summed E-state index contributed by atoms with van der Waals surface area (Å²) in [5.41, 5.74) is 0.430. The number of fused-ring (bicyclic) bond motifs is 1. The molecule has 1 aromatic heterocycles. The number of thioether (sulfide) groups is 1. The summed E-state index contributed by atoms with van der Waals surface area (Å²) in [4.78, 5) is 42.1. The van der Waals surface area contributed by atoms with Gasteiger partial charge < -0.3 is 20.1 Å². The molecular weight excluding hydrogens is 444 g/mol. The Morgan fingerprint density at radius 3 is 2.88 bits per heavy atom. The molecule has 3 rings (SSSR count). The zero-order valence-corrected chi connectivity index (χ0v) is 19.8. The first-order valence-corrected chi connectivity index (χ1v) is 12.3. The molecule has 1 saturated heterocycles.